The van der Waals surface area contributed by atoms with Crippen LogP contribution < -0.4 is 15.4 Å². The molecule has 0 unspecified atom stereocenters. The summed E-state index contributed by atoms with van der Waals surface area (Å²) in [6, 6.07) is 15.0. The molecule has 2 aromatic rings. The van der Waals surface area contributed by atoms with E-state index in [-0.39, 0.29) is 24.5 Å². The molecule has 3 rings (SSSR count). The van der Waals surface area contributed by atoms with Crippen molar-refractivity contribution < 1.29 is 14.3 Å². The summed E-state index contributed by atoms with van der Waals surface area (Å²) >= 11 is 0. The fourth-order valence-electron chi connectivity index (χ4n) is 2.89. The molecule has 25 heavy (non-hydrogen) atoms. The summed E-state index contributed by atoms with van der Waals surface area (Å²) in [6.07, 6.45) is 0.854. The highest BCUT2D eigenvalue weighted by Crippen LogP contribution is 2.29. The lowest BCUT2D eigenvalue weighted by atomic mass is 9.96. The van der Waals surface area contributed by atoms with Gasteiger partial charge in [-0.2, -0.15) is 0 Å². The Bertz CT molecular complexity index is 772. The first kappa shape index (κ1) is 17.0. The van der Waals surface area contributed by atoms with E-state index in [1.54, 1.807) is 18.2 Å². The molecule has 5 heteroatoms. The van der Waals surface area contributed by atoms with Crippen LogP contribution in [0.5, 0.6) is 5.75 Å². The van der Waals surface area contributed by atoms with Crippen molar-refractivity contribution in [2.75, 3.05) is 11.9 Å². The topological polar surface area (TPSA) is 67.4 Å². The minimum atomic E-state index is -0.189. The van der Waals surface area contributed by atoms with Crippen molar-refractivity contribution in [2.24, 2.45) is 5.92 Å². The Balaban J connectivity index is 1.78. The van der Waals surface area contributed by atoms with Gasteiger partial charge in [-0.1, -0.05) is 44.2 Å². The van der Waals surface area contributed by atoms with Crippen LogP contribution in [0.25, 0.3) is 0 Å². The Morgan fingerprint density at radius 1 is 1.20 bits per heavy atom. The lowest BCUT2D eigenvalue weighted by Crippen LogP contribution is -2.30. The van der Waals surface area contributed by atoms with E-state index in [2.05, 4.69) is 24.5 Å². The van der Waals surface area contributed by atoms with Gasteiger partial charge in [0.05, 0.1) is 11.7 Å². The van der Waals surface area contributed by atoms with E-state index in [0.29, 0.717) is 22.9 Å². The number of carbonyl (C=O) groups excluding carboxylic acids is 2. The van der Waals surface area contributed by atoms with Crippen molar-refractivity contribution in [3.05, 3.63) is 59.7 Å². The summed E-state index contributed by atoms with van der Waals surface area (Å²) in [6.45, 7) is 4.24. The number of nitrogens with one attached hydrogen (secondary N) is 2. The molecule has 1 atom stereocenters. The van der Waals surface area contributed by atoms with Crippen molar-refractivity contribution in [3.63, 3.8) is 0 Å². The van der Waals surface area contributed by atoms with Gasteiger partial charge in [0.15, 0.2) is 6.61 Å². The number of anilines is 1. The zero-order valence-electron chi connectivity index (χ0n) is 14.4. The molecule has 2 aromatic carbocycles. The molecule has 2 N–H and O–H groups in total. The fourth-order valence-corrected chi connectivity index (χ4v) is 2.89. The quantitative estimate of drug-likeness (QED) is 0.876. The zero-order chi connectivity index (χ0) is 17.8. The highest BCUT2D eigenvalue weighted by molar-refractivity contribution is 5.99. The number of amides is 2. The molecule has 2 amide bonds. The lowest BCUT2D eigenvalue weighted by Gasteiger charge is -2.22. The number of rotatable bonds is 5. The molecular weight excluding hydrogens is 316 g/mol. The molecule has 0 aliphatic carbocycles. The van der Waals surface area contributed by atoms with Gasteiger partial charge < -0.3 is 15.4 Å². The van der Waals surface area contributed by atoms with E-state index in [0.717, 1.165) is 12.0 Å². The van der Waals surface area contributed by atoms with Crippen molar-refractivity contribution in [2.45, 2.75) is 26.3 Å². The van der Waals surface area contributed by atoms with Gasteiger partial charge >= 0.3 is 0 Å². The number of fused-ring (bicyclic) bond motifs is 1. The minimum absolute atomic E-state index is 0.0297. The maximum absolute atomic E-state index is 12.7. The van der Waals surface area contributed by atoms with E-state index in [1.807, 2.05) is 30.3 Å². The van der Waals surface area contributed by atoms with E-state index >= 15 is 0 Å². The third-order valence-corrected chi connectivity index (χ3v) is 4.09. The normalized spacial score (nSPS) is 14.3. The van der Waals surface area contributed by atoms with Crippen molar-refractivity contribution in [1.29, 1.82) is 0 Å². The van der Waals surface area contributed by atoms with Crippen molar-refractivity contribution >= 4 is 17.5 Å². The van der Waals surface area contributed by atoms with Gasteiger partial charge in [0.2, 0.25) is 0 Å². The van der Waals surface area contributed by atoms with Crippen LogP contribution in [0.2, 0.25) is 0 Å². The summed E-state index contributed by atoms with van der Waals surface area (Å²) in [4.78, 5) is 24.0. The Hall–Kier alpha value is -2.82. The summed E-state index contributed by atoms with van der Waals surface area (Å²) in [5.41, 5.74) is 2.19. The smallest absolute Gasteiger partial charge is 0.262 e. The lowest BCUT2D eigenvalue weighted by molar-refractivity contribution is -0.118. The summed E-state index contributed by atoms with van der Waals surface area (Å²) in [5, 5.41) is 5.84. The second kappa shape index (κ2) is 7.38. The maximum Gasteiger partial charge on any atom is 0.262 e. The van der Waals surface area contributed by atoms with Gasteiger partial charge in [0, 0.05) is 5.56 Å². The molecular formula is C20H22N2O3. The predicted octanol–water partition coefficient (Wildman–Crippen LogP) is 3.53. The standard InChI is InChI=1S/C20H22N2O3/c1-13(2)10-17(14-6-4-3-5-7-14)22-20(24)15-8-9-16-18(11-15)25-12-19(23)21-16/h3-9,11,13,17H,10,12H2,1-2H3,(H,21,23)(H,22,24)/t17-/m0/s1. The van der Waals surface area contributed by atoms with Gasteiger partial charge in [-0.05, 0) is 36.1 Å². The van der Waals surface area contributed by atoms with Crippen LogP contribution in [-0.4, -0.2) is 18.4 Å². The van der Waals surface area contributed by atoms with Gasteiger partial charge in [-0.25, -0.2) is 0 Å². The Kier molecular flexibility index (Phi) is 5.03. The van der Waals surface area contributed by atoms with Crippen LogP contribution >= 0.6 is 0 Å². The molecule has 0 aromatic heterocycles. The molecule has 5 nitrogen and oxygen atoms in total. The van der Waals surface area contributed by atoms with Crippen LogP contribution in [0.1, 0.15) is 42.2 Å². The van der Waals surface area contributed by atoms with E-state index < -0.39 is 0 Å². The molecule has 1 aliphatic rings. The summed E-state index contributed by atoms with van der Waals surface area (Å²) < 4.78 is 5.39. The molecule has 1 aliphatic heterocycles. The van der Waals surface area contributed by atoms with E-state index in [9.17, 15) is 9.59 Å². The molecule has 130 valence electrons. The average Bonchev–Trinajstić information content (AvgIpc) is 2.61. The Morgan fingerprint density at radius 2 is 1.96 bits per heavy atom. The minimum Gasteiger partial charge on any atom is -0.482 e. The van der Waals surface area contributed by atoms with Crippen LogP contribution in [-0.2, 0) is 4.79 Å². The number of ether oxygens (including phenoxy) is 1. The van der Waals surface area contributed by atoms with Gasteiger partial charge in [-0.15, -0.1) is 0 Å². The first-order valence-electron chi connectivity index (χ1n) is 8.45. The van der Waals surface area contributed by atoms with E-state index in [1.165, 1.54) is 0 Å². The SMILES string of the molecule is CC(C)C[C@H](NC(=O)c1ccc2c(c1)OCC(=O)N2)c1ccccc1. The molecule has 0 saturated carbocycles. The molecule has 0 saturated heterocycles. The first-order valence-corrected chi connectivity index (χ1v) is 8.45. The zero-order valence-corrected chi connectivity index (χ0v) is 14.4. The molecule has 0 bridgehead atoms. The third-order valence-electron chi connectivity index (χ3n) is 4.09. The van der Waals surface area contributed by atoms with E-state index in [4.69, 9.17) is 4.74 Å². The van der Waals surface area contributed by atoms with Crippen LogP contribution in [0.15, 0.2) is 48.5 Å². The number of hydrogen-bond donors (Lipinski definition) is 2. The van der Waals surface area contributed by atoms with Crippen LogP contribution in [0.3, 0.4) is 0 Å². The second-order valence-corrected chi connectivity index (χ2v) is 6.61. The fraction of sp³-hybridized carbons (Fsp3) is 0.300. The molecule has 0 fully saturated rings. The van der Waals surface area contributed by atoms with Gasteiger partial charge in [0.1, 0.15) is 5.75 Å². The maximum atomic E-state index is 12.7. The Morgan fingerprint density at radius 3 is 2.68 bits per heavy atom. The predicted molar refractivity (Wildman–Crippen MR) is 96.7 cm³/mol. The molecule has 1 heterocycles. The first-order chi connectivity index (χ1) is 12.0. The molecule has 0 spiro atoms. The second-order valence-electron chi connectivity index (χ2n) is 6.61. The highest BCUT2D eigenvalue weighted by Gasteiger charge is 2.20. The summed E-state index contributed by atoms with van der Waals surface area (Å²) in [5.74, 6) is 0.628. The number of benzene rings is 2. The van der Waals surface area contributed by atoms with Crippen LogP contribution in [0.4, 0.5) is 5.69 Å². The summed E-state index contributed by atoms with van der Waals surface area (Å²) in [7, 11) is 0. The molecule has 0 radical (unpaired) electrons. The van der Waals surface area contributed by atoms with Crippen molar-refractivity contribution in [3.8, 4) is 5.75 Å². The number of hydrogen-bond acceptors (Lipinski definition) is 3. The van der Waals surface area contributed by atoms with Gasteiger partial charge in [-0.3, -0.25) is 9.59 Å². The average molecular weight is 338 g/mol. The Labute approximate surface area is 147 Å². The number of carbonyl (C=O) groups is 2. The largest absolute Gasteiger partial charge is 0.482 e. The third kappa shape index (κ3) is 4.18. The monoisotopic (exact) mass is 338 g/mol. The van der Waals surface area contributed by atoms with Crippen LogP contribution in [0, 0.1) is 5.92 Å². The van der Waals surface area contributed by atoms with Crippen molar-refractivity contribution in [1.82, 2.24) is 5.32 Å². The van der Waals surface area contributed by atoms with Gasteiger partial charge in [0.25, 0.3) is 11.8 Å². The highest BCUT2D eigenvalue weighted by atomic mass is 16.5.